The molecule has 0 bridgehead atoms. The molecule has 0 unspecified atom stereocenters. The molecule has 1 aromatic heterocycles. The molecule has 1 amide bonds. The molecule has 5 nitrogen and oxygen atoms in total. The van der Waals surface area contributed by atoms with Gasteiger partial charge in [-0.3, -0.25) is 4.79 Å². The fraction of sp³-hybridized carbons (Fsp3) is 0.188. The van der Waals surface area contributed by atoms with E-state index in [1.54, 1.807) is 0 Å². The number of alkyl halides is 3. The van der Waals surface area contributed by atoms with Crippen LogP contribution in [0.25, 0.3) is 0 Å². The number of carbonyl (C=O) groups is 2. The standard InChI is InChI=1S/C16H12ClF3N2O3/c1-9(25-15(24)10-2-7-13(17)21-8-10)14(23)22-12-5-3-11(4-6-12)16(18,19)20/h2-9H,1H3,(H,22,23)/t9-/m0/s1. The Kier molecular flexibility index (Phi) is 5.63. The first-order valence-corrected chi connectivity index (χ1v) is 7.35. The van der Waals surface area contributed by atoms with Crippen LogP contribution in [0.15, 0.2) is 42.6 Å². The second kappa shape index (κ2) is 7.52. The van der Waals surface area contributed by atoms with Gasteiger partial charge >= 0.3 is 12.1 Å². The minimum Gasteiger partial charge on any atom is -0.449 e. The lowest BCUT2D eigenvalue weighted by molar-refractivity contribution is -0.137. The van der Waals surface area contributed by atoms with Crippen molar-refractivity contribution in [3.63, 3.8) is 0 Å². The zero-order chi connectivity index (χ0) is 18.6. The third-order valence-electron chi connectivity index (χ3n) is 3.10. The van der Waals surface area contributed by atoms with E-state index in [0.29, 0.717) is 0 Å². The SMILES string of the molecule is C[C@H](OC(=O)c1ccc(Cl)nc1)C(=O)Nc1ccc(C(F)(F)F)cc1. The Hall–Kier alpha value is -2.61. The highest BCUT2D eigenvalue weighted by atomic mass is 35.5. The van der Waals surface area contributed by atoms with E-state index in [4.69, 9.17) is 16.3 Å². The Morgan fingerprint density at radius 3 is 2.32 bits per heavy atom. The summed E-state index contributed by atoms with van der Waals surface area (Å²) in [6, 6.07) is 6.68. The number of nitrogens with zero attached hydrogens (tertiary/aromatic N) is 1. The second-order valence-electron chi connectivity index (χ2n) is 4.98. The number of benzene rings is 1. The first kappa shape index (κ1) is 18.7. The van der Waals surface area contributed by atoms with E-state index in [1.165, 1.54) is 25.3 Å². The van der Waals surface area contributed by atoms with Crippen molar-refractivity contribution in [1.82, 2.24) is 4.98 Å². The molecule has 0 saturated carbocycles. The summed E-state index contributed by atoms with van der Waals surface area (Å²) in [5.41, 5.74) is -0.576. The lowest BCUT2D eigenvalue weighted by atomic mass is 10.2. The largest absolute Gasteiger partial charge is 0.449 e. The summed E-state index contributed by atoms with van der Waals surface area (Å²) >= 11 is 5.60. The minimum atomic E-state index is -4.46. The fourth-order valence-corrected chi connectivity index (χ4v) is 1.88. The molecule has 0 aliphatic heterocycles. The molecule has 0 aliphatic rings. The quantitative estimate of drug-likeness (QED) is 0.652. The third kappa shape index (κ3) is 5.18. The molecule has 1 heterocycles. The predicted octanol–water partition coefficient (Wildman–Crippen LogP) is 3.94. The van der Waals surface area contributed by atoms with E-state index in [-0.39, 0.29) is 16.4 Å². The summed E-state index contributed by atoms with van der Waals surface area (Å²) in [6.07, 6.45) is -4.42. The van der Waals surface area contributed by atoms with Crippen LogP contribution in [-0.4, -0.2) is 23.0 Å². The van der Waals surface area contributed by atoms with Gasteiger partial charge in [-0.15, -0.1) is 0 Å². The monoisotopic (exact) mass is 372 g/mol. The number of ether oxygens (including phenoxy) is 1. The predicted molar refractivity (Wildman–Crippen MR) is 84.2 cm³/mol. The first-order valence-electron chi connectivity index (χ1n) is 6.97. The molecule has 1 aromatic carbocycles. The summed E-state index contributed by atoms with van der Waals surface area (Å²) in [4.78, 5) is 27.6. The Labute approximate surface area is 145 Å². The number of nitrogens with one attached hydrogen (secondary N) is 1. The van der Waals surface area contributed by atoms with Crippen LogP contribution >= 0.6 is 11.6 Å². The lowest BCUT2D eigenvalue weighted by Gasteiger charge is -2.14. The molecule has 0 radical (unpaired) electrons. The Morgan fingerprint density at radius 1 is 1.16 bits per heavy atom. The molecule has 0 saturated heterocycles. The summed E-state index contributed by atoms with van der Waals surface area (Å²) in [5, 5.41) is 2.56. The summed E-state index contributed by atoms with van der Waals surface area (Å²) in [5.74, 6) is -1.46. The Morgan fingerprint density at radius 2 is 1.80 bits per heavy atom. The molecule has 2 rings (SSSR count). The van der Waals surface area contributed by atoms with E-state index in [9.17, 15) is 22.8 Å². The van der Waals surface area contributed by atoms with Crippen molar-refractivity contribution in [3.05, 3.63) is 58.9 Å². The first-order chi connectivity index (χ1) is 11.7. The van der Waals surface area contributed by atoms with Crippen LogP contribution < -0.4 is 5.32 Å². The van der Waals surface area contributed by atoms with Crippen molar-refractivity contribution in [2.24, 2.45) is 0 Å². The molecule has 1 N–H and O–H groups in total. The van der Waals surface area contributed by atoms with Gasteiger partial charge in [-0.1, -0.05) is 11.6 Å². The van der Waals surface area contributed by atoms with Crippen molar-refractivity contribution in [2.45, 2.75) is 19.2 Å². The molecule has 0 aliphatic carbocycles. The van der Waals surface area contributed by atoms with E-state index >= 15 is 0 Å². The highest BCUT2D eigenvalue weighted by Crippen LogP contribution is 2.29. The fourth-order valence-electron chi connectivity index (χ4n) is 1.77. The van der Waals surface area contributed by atoms with Gasteiger partial charge in [-0.05, 0) is 43.3 Å². The maximum absolute atomic E-state index is 12.5. The summed E-state index contributed by atoms with van der Waals surface area (Å²) in [7, 11) is 0. The number of hydrogen-bond donors (Lipinski definition) is 1. The van der Waals surface area contributed by atoms with Gasteiger partial charge in [0, 0.05) is 11.9 Å². The zero-order valence-electron chi connectivity index (χ0n) is 12.8. The van der Waals surface area contributed by atoms with Crippen LogP contribution in [0.3, 0.4) is 0 Å². The van der Waals surface area contributed by atoms with Crippen molar-refractivity contribution in [2.75, 3.05) is 5.32 Å². The van der Waals surface area contributed by atoms with Crippen LogP contribution in [0.4, 0.5) is 18.9 Å². The normalized spacial score (nSPS) is 12.4. The number of rotatable bonds is 4. The molecule has 0 spiro atoms. The van der Waals surface area contributed by atoms with Gasteiger partial charge in [0.15, 0.2) is 6.10 Å². The number of amides is 1. The maximum Gasteiger partial charge on any atom is 0.416 e. The molecule has 1 atom stereocenters. The lowest BCUT2D eigenvalue weighted by Crippen LogP contribution is -2.30. The summed E-state index contributed by atoms with van der Waals surface area (Å²) < 4.78 is 42.4. The topological polar surface area (TPSA) is 68.3 Å². The van der Waals surface area contributed by atoms with E-state index in [2.05, 4.69) is 10.3 Å². The molecular weight excluding hydrogens is 361 g/mol. The number of anilines is 1. The van der Waals surface area contributed by atoms with Gasteiger partial charge in [0.25, 0.3) is 5.91 Å². The maximum atomic E-state index is 12.5. The number of halogens is 4. The Bertz CT molecular complexity index is 762. The number of esters is 1. The molecule has 2 aromatic rings. The smallest absolute Gasteiger partial charge is 0.416 e. The van der Waals surface area contributed by atoms with Crippen molar-refractivity contribution in [3.8, 4) is 0 Å². The van der Waals surface area contributed by atoms with Crippen molar-refractivity contribution >= 4 is 29.2 Å². The molecule has 9 heteroatoms. The van der Waals surface area contributed by atoms with Gasteiger partial charge in [-0.25, -0.2) is 9.78 Å². The van der Waals surface area contributed by atoms with Gasteiger partial charge in [0.05, 0.1) is 11.1 Å². The van der Waals surface area contributed by atoms with Crippen LogP contribution in [-0.2, 0) is 15.7 Å². The minimum absolute atomic E-state index is 0.110. The Balaban J connectivity index is 1.95. The highest BCUT2D eigenvalue weighted by molar-refractivity contribution is 6.29. The van der Waals surface area contributed by atoms with Gasteiger partial charge in [0.1, 0.15) is 5.15 Å². The third-order valence-corrected chi connectivity index (χ3v) is 3.32. The number of carbonyl (C=O) groups excluding carboxylic acids is 2. The van der Waals surface area contributed by atoms with Crippen molar-refractivity contribution in [1.29, 1.82) is 0 Å². The van der Waals surface area contributed by atoms with Crippen LogP contribution in [0, 0.1) is 0 Å². The molecule has 0 fully saturated rings. The molecular formula is C16H12ClF3N2O3. The average Bonchev–Trinajstić information content (AvgIpc) is 2.55. The van der Waals surface area contributed by atoms with Gasteiger partial charge in [-0.2, -0.15) is 13.2 Å². The van der Waals surface area contributed by atoms with Crippen LogP contribution in [0.1, 0.15) is 22.8 Å². The number of hydrogen-bond acceptors (Lipinski definition) is 4. The van der Waals surface area contributed by atoms with E-state index in [0.717, 1.165) is 24.3 Å². The van der Waals surface area contributed by atoms with Crippen LogP contribution in [0.5, 0.6) is 0 Å². The highest BCUT2D eigenvalue weighted by Gasteiger charge is 2.30. The van der Waals surface area contributed by atoms with E-state index < -0.39 is 29.7 Å². The molecule has 132 valence electrons. The van der Waals surface area contributed by atoms with Crippen molar-refractivity contribution < 1.29 is 27.5 Å². The second-order valence-corrected chi connectivity index (χ2v) is 5.37. The zero-order valence-corrected chi connectivity index (χ0v) is 13.6. The average molecular weight is 373 g/mol. The van der Waals surface area contributed by atoms with Gasteiger partial charge in [0.2, 0.25) is 0 Å². The number of pyridine rings is 1. The summed E-state index contributed by atoms with van der Waals surface area (Å²) in [6.45, 7) is 1.33. The van der Waals surface area contributed by atoms with E-state index in [1.807, 2.05) is 0 Å². The van der Waals surface area contributed by atoms with Gasteiger partial charge < -0.3 is 10.1 Å². The molecule has 25 heavy (non-hydrogen) atoms. The number of aromatic nitrogens is 1. The van der Waals surface area contributed by atoms with Crippen LogP contribution in [0.2, 0.25) is 5.15 Å².